The van der Waals surface area contributed by atoms with E-state index in [1.54, 1.807) is 12.7 Å². The number of hydrogen-bond donors (Lipinski definition) is 0. The van der Waals surface area contributed by atoms with Crippen LogP contribution >= 0.6 is 11.6 Å². The Balaban J connectivity index is 1.60. The van der Waals surface area contributed by atoms with Crippen molar-refractivity contribution in [1.29, 1.82) is 0 Å². The van der Waals surface area contributed by atoms with Gasteiger partial charge in [-0.25, -0.2) is 9.97 Å². The lowest BCUT2D eigenvalue weighted by atomic mass is 10.1. The summed E-state index contributed by atoms with van der Waals surface area (Å²) in [7, 11) is 0. The molecule has 1 atom stereocenters. The smallest absolute Gasteiger partial charge is 0.137 e. The first-order valence-corrected chi connectivity index (χ1v) is 8.70. The van der Waals surface area contributed by atoms with Gasteiger partial charge in [0, 0.05) is 18.0 Å². The van der Waals surface area contributed by atoms with Gasteiger partial charge in [0.05, 0.1) is 22.8 Å². The van der Waals surface area contributed by atoms with Crippen molar-refractivity contribution >= 4 is 22.5 Å². The standard InChI is InChI=1S/C18H20ClN5/c1-13-15-6-2-3-7-16(15)22-17(18(13)19)10-23-8-4-5-14(23)9-24-12-20-11-21-24/h2-3,6-7,11-12,14H,4-5,8-10H2,1H3/t14-/m1/s1. The van der Waals surface area contributed by atoms with Gasteiger partial charge >= 0.3 is 0 Å². The molecule has 0 amide bonds. The van der Waals surface area contributed by atoms with Crippen LogP contribution in [0.5, 0.6) is 0 Å². The second kappa shape index (κ2) is 6.49. The van der Waals surface area contributed by atoms with Gasteiger partial charge in [0.2, 0.25) is 0 Å². The van der Waals surface area contributed by atoms with E-state index in [0.29, 0.717) is 6.04 Å². The number of hydrogen-bond acceptors (Lipinski definition) is 4. The number of rotatable bonds is 4. The third-order valence-corrected chi connectivity index (χ3v) is 5.36. The summed E-state index contributed by atoms with van der Waals surface area (Å²) in [5.41, 5.74) is 3.10. The molecule has 24 heavy (non-hydrogen) atoms. The molecule has 1 aliphatic heterocycles. The molecule has 0 N–H and O–H groups in total. The first kappa shape index (κ1) is 15.5. The number of para-hydroxylation sites is 1. The molecule has 0 radical (unpaired) electrons. The SMILES string of the molecule is Cc1c(Cl)c(CN2CCC[C@@H]2Cn2cncn2)nc2ccccc12. The van der Waals surface area contributed by atoms with Crippen LogP contribution in [-0.2, 0) is 13.1 Å². The fourth-order valence-corrected chi connectivity index (χ4v) is 3.77. The molecule has 0 saturated carbocycles. The zero-order valence-corrected chi connectivity index (χ0v) is 14.4. The van der Waals surface area contributed by atoms with E-state index < -0.39 is 0 Å². The maximum absolute atomic E-state index is 6.62. The zero-order valence-electron chi connectivity index (χ0n) is 13.7. The quantitative estimate of drug-likeness (QED) is 0.729. The molecule has 4 rings (SSSR count). The van der Waals surface area contributed by atoms with Gasteiger partial charge < -0.3 is 0 Å². The van der Waals surface area contributed by atoms with Crippen LogP contribution in [0.1, 0.15) is 24.1 Å². The van der Waals surface area contributed by atoms with E-state index in [0.717, 1.165) is 46.8 Å². The third-order valence-electron chi connectivity index (χ3n) is 4.86. The molecule has 3 heterocycles. The molecule has 2 aromatic heterocycles. The van der Waals surface area contributed by atoms with E-state index in [4.69, 9.17) is 16.6 Å². The molecule has 124 valence electrons. The highest BCUT2D eigenvalue weighted by Gasteiger charge is 2.26. The van der Waals surface area contributed by atoms with Crippen molar-refractivity contribution in [2.45, 2.75) is 38.9 Å². The lowest BCUT2D eigenvalue weighted by molar-refractivity contribution is 0.217. The molecule has 0 bridgehead atoms. The Morgan fingerprint density at radius 3 is 3.00 bits per heavy atom. The normalized spacial score (nSPS) is 18.5. The number of nitrogens with zero attached hydrogens (tertiary/aromatic N) is 5. The predicted molar refractivity (Wildman–Crippen MR) is 94.9 cm³/mol. The van der Waals surface area contributed by atoms with Gasteiger partial charge in [-0.15, -0.1) is 0 Å². The second-order valence-corrected chi connectivity index (χ2v) is 6.78. The molecule has 0 aliphatic carbocycles. The van der Waals surface area contributed by atoms with Crippen molar-refractivity contribution in [2.75, 3.05) is 6.54 Å². The Labute approximate surface area is 146 Å². The average molecular weight is 342 g/mol. The Bertz CT molecular complexity index is 846. The van der Waals surface area contributed by atoms with E-state index in [-0.39, 0.29) is 0 Å². The van der Waals surface area contributed by atoms with Gasteiger partial charge in [0.15, 0.2) is 0 Å². The first-order chi connectivity index (χ1) is 11.7. The first-order valence-electron chi connectivity index (χ1n) is 8.32. The summed E-state index contributed by atoms with van der Waals surface area (Å²) in [6, 6.07) is 8.64. The summed E-state index contributed by atoms with van der Waals surface area (Å²) in [6.07, 6.45) is 5.74. The van der Waals surface area contributed by atoms with Crippen LogP contribution in [0.3, 0.4) is 0 Å². The average Bonchev–Trinajstić information content (AvgIpc) is 3.25. The Kier molecular flexibility index (Phi) is 4.21. The third kappa shape index (κ3) is 2.89. The van der Waals surface area contributed by atoms with Crippen molar-refractivity contribution in [1.82, 2.24) is 24.6 Å². The van der Waals surface area contributed by atoms with Crippen molar-refractivity contribution < 1.29 is 0 Å². The molecule has 5 nitrogen and oxygen atoms in total. The molecule has 6 heteroatoms. The largest absolute Gasteiger partial charge is 0.293 e. The van der Waals surface area contributed by atoms with E-state index in [2.05, 4.69) is 34.0 Å². The maximum Gasteiger partial charge on any atom is 0.137 e. The highest BCUT2D eigenvalue weighted by Crippen LogP contribution is 2.29. The van der Waals surface area contributed by atoms with Crippen LogP contribution in [0, 0.1) is 6.92 Å². The van der Waals surface area contributed by atoms with Crippen LogP contribution < -0.4 is 0 Å². The predicted octanol–water partition coefficient (Wildman–Crippen LogP) is 3.45. The van der Waals surface area contributed by atoms with Gasteiger partial charge in [-0.2, -0.15) is 5.10 Å². The lowest BCUT2D eigenvalue weighted by Crippen LogP contribution is -2.33. The summed E-state index contributed by atoms with van der Waals surface area (Å²) < 4.78 is 1.91. The van der Waals surface area contributed by atoms with E-state index in [1.165, 1.54) is 12.8 Å². The number of aromatic nitrogens is 4. The summed E-state index contributed by atoms with van der Waals surface area (Å²) in [4.78, 5) is 11.3. The van der Waals surface area contributed by atoms with Crippen LogP contribution in [0.25, 0.3) is 10.9 Å². The molecule has 0 spiro atoms. The number of benzene rings is 1. The number of halogens is 1. The highest BCUT2D eigenvalue weighted by molar-refractivity contribution is 6.32. The maximum atomic E-state index is 6.62. The van der Waals surface area contributed by atoms with Crippen LogP contribution in [0.15, 0.2) is 36.9 Å². The van der Waals surface area contributed by atoms with Crippen molar-refractivity contribution in [3.8, 4) is 0 Å². The molecule has 1 aliphatic rings. The van der Waals surface area contributed by atoms with Crippen molar-refractivity contribution in [3.63, 3.8) is 0 Å². The molecule has 3 aromatic rings. The van der Waals surface area contributed by atoms with Crippen LogP contribution in [-0.4, -0.2) is 37.2 Å². The Hall–Kier alpha value is -1.98. The zero-order chi connectivity index (χ0) is 16.5. The number of pyridine rings is 1. The van der Waals surface area contributed by atoms with Crippen molar-refractivity contribution in [3.05, 3.63) is 53.2 Å². The fraction of sp³-hybridized carbons (Fsp3) is 0.389. The molecule has 0 unspecified atom stereocenters. The monoisotopic (exact) mass is 341 g/mol. The fourth-order valence-electron chi connectivity index (χ4n) is 3.57. The minimum atomic E-state index is 0.455. The van der Waals surface area contributed by atoms with Gasteiger partial charge in [-0.05, 0) is 37.9 Å². The number of fused-ring (bicyclic) bond motifs is 1. The molecule has 1 fully saturated rings. The summed E-state index contributed by atoms with van der Waals surface area (Å²) in [6.45, 7) is 4.80. The van der Waals surface area contributed by atoms with Gasteiger partial charge in [0.1, 0.15) is 12.7 Å². The Morgan fingerprint density at radius 2 is 2.17 bits per heavy atom. The lowest BCUT2D eigenvalue weighted by Gasteiger charge is -2.24. The second-order valence-electron chi connectivity index (χ2n) is 6.40. The topological polar surface area (TPSA) is 46.8 Å². The molecule has 1 saturated heterocycles. The Morgan fingerprint density at radius 1 is 1.29 bits per heavy atom. The summed E-state index contributed by atoms with van der Waals surface area (Å²) >= 11 is 6.62. The number of likely N-dealkylation sites (tertiary alicyclic amines) is 1. The summed E-state index contributed by atoms with van der Waals surface area (Å²) in [5.74, 6) is 0. The molecular weight excluding hydrogens is 322 g/mol. The van der Waals surface area contributed by atoms with E-state index in [9.17, 15) is 0 Å². The molecule has 1 aromatic carbocycles. The highest BCUT2D eigenvalue weighted by atomic mass is 35.5. The van der Waals surface area contributed by atoms with Crippen molar-refractivity contribution in [2.24, 2.45) is 0 Å². The molecular formula is C18H20ClN5. The van der Waals surface area contributed by atoms with Crippen LogP contribution in [0.2, 0.25) is 5.02 Å². The minimum Gasteiger partial charge on any atom is -0.293 e. The van der Waals surface area contributed by atoms with E-state index in [1.807, 2.05) is 16.8 Å². The number of aryl methyl sites for hydroxylation is 1. The summed E-state index contributed by atoms with van der Waals surface area (Å²) in [5, 5.41) is 6.15. The van der Waals surface area contributed by atoms with Gasteiger partial charge in [-0.1, -0.05) is 29.8 Å². The van der Waals surface area contributed by atoms with Crippen LogP contribution in [0.4, 0.5) is 0 Å². The van der Waals surface area contributed by atoms with Gasteiger partial charge in [0.25, 0.3) is 0 Å². The minimum absolute atomic E-state index is 0.455. The van der Waals surface area contributed by atoms with Gasteiger partial charge in [-0.3, -0.25) is 9.58 Å². The van der Waals surface area contributed by atoms with E-state index >= 15 is 0 Å².